The number of nitrogens with zero attached hydrogens (tertiary/aromatic N) is 1. The molecule has 0 saturated carbocycles. The Morgan fingerprint density at radius 2 is 2.00 bits per heavy atom. The number of amides is 1. The van der Waals surface area contributed by atoms with Crippen LogP contribution in [0.4, 0.5) is 5.69 Å². The number of halogens is 1. The second-order valence-electron chi connectivity index (χ2n) is 4.85. The number of phenolic OH excluding ortho intramolecular Hbond substituents is 1. The molecule has 0 aromatic heterocycles. The van der Waals surface area contributed by atoms with Gasteiger partial charge in [0.1, 0.15) is 5.75 Å². The molecule has 0 fully saturated rings. The van der Waals surface area contributed by atoms with Crippen molar-refractivity contribution in [3.05, 3.63) is 58.6 Å². The third-order valence-corrected chi connectivity index (χ3v) is 3.87. The van der Waals surface area contributed by atoms with E-state index >= 15 is 0 Å². The normalized spacial score (nSPS) is 13.9. The van der Waals surface area contributed by atoms with Crippen LogP contribution in [0, 0.1) is 0 Å². The fourth-order valence-electron chi connectivity index (χ4n) is 2.57. The number of fused-ring (bicyclic) bond motifs is 1. The van der Waals surface area contributed by atoms with Crippen LogP contribution < -0.4 is 4.90 Å². The van der Waals surface area contributed by atoms with E-state index in [0.29, 0.717) is 17.1 Å². The Hall–Kier alpha value is -2.00. The number of carbonyl (C=O) groups is 1. The lowest BCUT2D eigenvalue weighted by molar-refractivity contribution is 0.0985. The lowest BCUT2D eigenvalue weighted by Crippen LogP contribution is -2.35. The average Bonchev–Trinajstić information content (AvgIpc) is 2.48. The van der Waals surface area contributed by atoms with Crippen LogP contribution in [0.25, 0.3) is 0 Å². The van der Waals surface area contributed by atoms with Crippen molar-refractivity contribution in [3.8, 4) is 5.75 Å². The highest BCUT2D eigenvalue weighted by Gasteiger charge is 2.24. The smallest absolute Gasteiger partial charge is 0.259 e. The summed E-state index contributed by atoms with van der Waals surface area (Å²) in [5.41, 5.74) is 2.44. The van der Waals surface area contributed by atoms with E-state index < -0.39 is 0 Å². The first-order chi connectivity index (χ1) is 9.66. The second kappa shape index (κ2) is 5.17. The summed E-state index contributed by atoms with van der Waals surface area (Å²) < 4.78 is 0. The first-order valence-corrected chi connectivity index (χ1v) is 6.93. The number of carbonyl (C=O) groups excluding carboxylic acids is 1. The zero-order valence-electron chi connectivity index (χ0n) is 10.8. The van der Waals surface area contributed by atoms with Gasteiger partial charge >= 0.3 is 0 Å². The molecule has 1 amide bonds. The monoisotopic (exact) mass is 287 g/mol. The van der Waals surface area contributed by atoms with Gasteiger partial charge in [0.15, 0.2) is 0 Å². The quantitative estimate of drug-likeness (QED) is 0.870. The first kappa shape index (κ1) is 13.0. The highest BCUT2D eigenvalue weighted by Crippen LogP contribution is 2.30. The summed E-state index contributed by atoms with van der Waals surface area (Å²) in [5, 5.41) is 9.91. The number of para-hydroxylation sites is 1. The molecule has 1 heterocycles. The molecular weight excluding hydrogens is 274 g/mol. The molecule has 20 heavy (non-hydrogen) atoms. The van der Waals surface area contributed by atoms with E-state index in [1.165, 1.54) is 17.7 Å². The van der Waals surface area contributed by atoms with Crippen molar-refractivity contribution in [2.75, 3.05) is 11.4 Å². The minimum absolute atomic E-state index is 0.0445. The predicted octanol–water partition coefficient (Wildman–Crippen LogP) is 3.64. The van der Waals surface area contributed by atoms with Crippen molar-refractivity contribution in [1.29, 1.82) is 0 Å². The zero-order chi connectivity index (χ0) is 14.1. The summed E-state index contributed by atoms with van der Waals surface area (Å²) in [7, 11) is 0. The molecule has 4 heteroatoms. The Kier molecular flexibility index (Phi) is 3.36. The fourth-order valence-corrected chi connectivity index (χ4v) is 2.77. The number of aryl methyl sites for hydroxylation is 1. The Bertz CT molecular complexity index is 669. The number of anilines is 1. The Morgan fingerprint density at radius 1 is 1.20 bits per heavy atom. The fraction of sp³-hybridized carbons (Fsp3) is 0.188. The second-order valence-corrected chi connectivity index (χ2v) is 5.26. The summed E-state index contributed by atoms with van der Waals surface area (Å²) in [4.78, 5) is 14.4. The molecule has 0 atom stereocenters. The number of hydrogen-bond acceptors (Lipinski definition) is 2. The number of aromatic hydroxyl groups is 1. The summed E-state index contributed by atoms with van der Waals surface area (Å²) in [6.07, 6.45) is 1.91. The largest absolute Gasteiger partial charge is 0.508 e. The summed E-state index contributed by atoms with van der Waals surface area (Å²) in [6, 6.07) is 12.3. The van der Waals surface area contributed by atoms with Gasteiger partial charge in [0.2, 0.25) is 0 Å². The standard InChI is InChI=1S/C16H14ClNO2/c17-14-8-7-12(19)10-13(14)16(20)18-9-3-5-11-4-1-2-6-15(11)18/h1-2,4,6-8,10,19H,3,5,9H2. The number of benzene rings is 2. The van der Waals surface area contributed by atoms with E-state index in [1.54, 1.807) is 11.0 Å². The van der Waals surface area contributed by atoms with Gasteiger partial charge < -0.3 is 10.0 Å². The number of rotatable bonds is 1. The van der Waals surface area contributed by atoms with E-state index in [0.717, 1.165) is 18.5 Å². The molecule has 0 saturated heterocycles. The van der Waals surface area contributed by atoms with E-state index in [9.17, 15) is 9.90 Å². The van der Waals surface area contributed by atoms with Crippen molar-refractivity contribution in [3.63, 3.8) is 0 Å². The number of hydrogen-bond donors (Lipinski definition) is 1. The predicted molar refractivity (Wildman–Crippen MR) is 79.6 cm³/mol. The molecule has 1 N–H and O–H groups in total. The highest BCUT2D eigenvalue weighted by atomic mass is 35.5. The van der Waals surface area contributed by atoms with E-state index in [1.807, 2.05) is 24.3 Å². The van der Waals surface area contributed by atoms with Crippen LogP contribution in [-0.4, -0.2) is 17.6 Å². The molecule has 2 aromatic carbocycles. The van der Waals surface area contributed by atoms with Crippen molar-refractivity contribution in [1.82, 2.24) is 0 Å². The third kappa shape index (κ3) is 2.25. The van der Waals surface area contributed by atoms with Crippen LogP contribution in [0.3, 0.4) is 0 Å². The lowest BCUT2D eigenvalue weighted by atomic mass is 10.0. The van der Waals surface area contributed by atoms with E-state index in [2.05, 4.69) is 0 Å². The third-order valence-electron chi connectivity index (χ3n) is 3.54. The Balaban J connectivity index is 2.02. The Labute approximate surface area is 122 Å². The maximum absolute atomic E-state index is 12.7. The number of phenols is 1. The van der Waals surface area contributed by atoms with Gasteiger partial charge in [0, 0.05) is 12.2 Å². The average molecular weight is 288 g/mol. The summed E-state index contributed by atoms with van der Waals surface area (Å²) >= 11 is 6.08. The molecule has 3 rings (SSSR count). The molecule has 0 radical (unpaired) electrons. The van der Waals surface area contributed by atoms with Crippen LogP contribution in [0.5, 0.6) is 5.75 Å². The van der Waals surface area contributed by atoms with Crippen LogP contribution in [0.2, 0.25) is 5.02 Å². The summed E-state index contributed by atoms with van der Waals surface area (Å²) in [6.45, 7) is 0.668. The van der Waals surface area contributed by atoms with Crippen molar-refractivity contribution in [2.24, 2.45) is 0 Å². The van der Waals surface area contributed by atoms with Gasteiger partial charge in [-0.25, -0.2) is 0 Å². The van der Waals surface area contributed by atoms with Crippen molar-refractivity contribution in [2.45, 2.75) is 12.8 Å². The van der Waals surface area contributed by atoms with Crippen LogP contribution in [-0.2, 0) is 6.42 Å². The zero-order valence-corrected chi connectivity index (χ0v) is 11.6. The Morgan fingerprint density at radius 3 is 2.85 bits per heavy atom. The molecule has 0 spiro atoms. The van der Waals surface area contributed by atoms with Gasteiger partial charge in [0.05, 0.1) is 10.6 Å². The minimum atomic E-state index is -0.168. The highest BCUT2D eigenvalue weighted by molar-refractivity contribution is 6.34. The lowest BCUT2D eigenvalue weighted by Gasteiger charge is -2.29. The molecular formula is C16H14ClNO2. The van der Waals surface area contributed by atoms with Gasteiger partial charge in [0.25, 0.3) is 5.91 Å². The van der Waals surface area contributed by atoms with Crippen LogP contribution >= 0.6 is 11.6 Å². The van der Waals surface area contributed by atoms with Gasteiger partial charge in [-0.15, -0.1) is 0 Å². The summed E-state index contributed by atoms with van der Waals surface area (Å²) in [5.74, 6) is -0.124. The molecule has 0 bridgehead atoms. The molecule has 2 aromatic rings. The topological polar surface area (TPSA) is 40.5 Å². The van der Waals surface area contributed by atoms with Crippen LogP contribution in [0.1, 0.15) is 22.3 Å². The van der Waals surface area contributed by atoms with Gasteiger partial charge in [-0.05, 0) is 42.7 Å². The van der Waals surface area contributed by atoms with Crippen molar-refractivity contribution < 1.29 is 9.90 Å². The molecule has 0 aliphatic carbocycles. The molecule has 0 unspecified atom stereocenters. The van der Waals surface area contributed by atoms with Gasteiger partial charge in [-0.2, -0.15) is 0 Å². The van der Waals surface area contributed by atoms with Crippen molar-refractivity contribution >= 4 is 23.2 Å². The molecule has 3 nitrogen and oxygen atoms in total. The maximum Gasteiger partial charge on any atom is 0.259 e. The minimum Gasteiger partial charge on any atom is -0.508 e. The SMILES string of the molecule is O=C(c1cc(O)ccc1Cl)N1CCCc2ccccc21. The molecule has 1 aliphatic rings. The van der Waals surface area contributed by atoms with Gasteiger partial charge in [-0.1, -0.05) is 29.8 Å². The first-order valence-electron chi connectivity index (χ1n) is 6.55. The maximum atomic E-state index is 12.7. The van der Waals surface area contributed by atoms with Gasteiger partial charge in [-0.3, -0.25) is 4.79 Å². The molecule has 102 valence electrons. The van der Waals surface area contributed by atoms with E-state index in [4.69, 9.17) is 11.6 Å². The molecule has 1 aliphatic heterocycles. The van der Waals surface area contributed by atoms with Crippen LogP contribution in [0.15, 0.2) is 42.5 Å². The van der Waals surface area contributed by atoms with E-state index in [-0.39, 0.29) is 11.7 Å².